The second-order valence-electron chi connectivity index (χ2n) is 3.89. The van der Waals surface area contributed by atoms with Crippen LogP contribution >= 0.6 is 0 Å². The Morgan fingerprint density at radius 2 is 2.20 bits per heavy atom. The second-order valence-corrected chi connectivity index (χ2v) is 3.89. The number of ether oxygens (including phenoxy) is 1. The van der Waals surface area contributed by atoms with Crippen LogP contribution in [0.25, 0.3) is 0 Å². The lowest BCUT2D eigenvalue weighted by Crippen LogP contribution is -2.10. The zero-order valence-electron chi connectivity index (χ0n) is 8.86. The van der Waals surface area contributed by atoms with Gasteiger partial charge in [0.15, 0.2) is 12.1 Å². The van der Waals surface area contributed by atoms with Gasteiger partial charge in [-0.25, -0.2) is 9.78 Å². The molecule has 0 aromatic carbocycles. The first-order valence-electron chi connectivity index (χ1n) is 5.34. The topological polar surface area (TPSA) is 52.3 Å². The van der Waals surface area contributed by atoms with Gasteiger partial charge in [0.05, 0.1) is 7.11 Å². The minimum Gasteiger partial charge on any atom is -0.464 e. The minimum atomic E-state index is -0.399. The molecule has 0 amide bonds. The van der Waals surface area contributed by atoms with Crippen LogP contribution in [0.2, 0.25) is 0 Å². The monoisotopic (exact) mass is 209 g/mol. The number of methoxy groups -OCH3 is 1. The highest BCUT2D eigenvalue weighted by Gasteiger charge is 2.26. The summed E-state index contributed by atoms with van der Waals surface area (Å²) in [5, 5.41) is 0. The van der Waals surface area contributed by atoms with Crippen LogP contribution in [0, 0.1) is 0 Å². The van der Waals surface area contributed by atoms with Crippen molar-refractivity contribution in [3.05, 3.63) is 17.8 Å². The van der Waals surface area contributed by atoms with Crippen molar-refractivity contribution in [1.82, 2.24) is 4.98 Å². The third kappa shape index (κ3) is 2.03. The zero-order valence-corrected chi connectivity index (χ0v) is 8.86. The number of hydrogen-bond acceptors (Lipinski definition) is 4. The molecule has 1 aromatic heterocycles. The fourth-order valence-corrected chi connectivity index (χ4v) is 2.16. The highest BCUT2D eigenvalue weighted by Crippen LogP contribution is 2.34. The van der Waals surface area contributed by atoms with Crippen molar-refractivity contribution >= 4 is 5.97 Å². The molecular weight excluding hydrogens is 194 g/mol. The zero-order chi connectivity index (χ0) is 10.7. The lowest BCUT2D eigenvalue weighted by atomic mass is 9.87. The van der Waals surface area contributed by atoms with Gasteiger partial charge in [0.25, 0.3) is 0 Å². The van der Waals surface area contributed by atoms with Gasteiger partial charge in [0.2, 0.25) is 0 Å². The van der Waals surface area contributed by atoms with Crippen LogP contribution in [-0.2, 0) is 4.74 Å². The van der Waals surface area contributed by atoms with Crippen molar-refractivity contribution in [2.45, 2.75) is 38.0 Å². The summed E-state index contributed by atoms with van der Waals surface area (Å²) in [5.41, 5.74) is 0.351. The molecule has 1 aliphatic rings. The van der Waals surface area contributed by atoms with Crippen LogP contribution in [0.1, 0.15) is 54.3 Å². The highest BCUT2D eigenvalue weighted by atomic mass is 16.5. The van der Waals surface area contributed by atoms with Gasteiger partial charge in [-0.1, -0.05) is 19.3 Å². The molecule has 4 nitrogen and oxygen atoms in total. The summed E-state index contributed by atoms with van der Waals surface area (Å²) in [6, 6.07) is 0. The van der Waals surface area contributed by atoms with E-state index >= 15 is 0 Å². The molecule has 0 bridgehead atoms. The number of oxazole rings is 1. The fourth-order valence-electron chi connectivity index (χ4n) is 2.16. The molecule has 15 heavy (non-hydrogen) atoms. The van der Waals surface area contributed by atoms with Gasteiger partial charge in [-0.15, -0.1) is 0 Å². The Balaban J connectivity index is 2.19. The molecule has 0 aliphatic heterocycles. The number of carbonyl (C=O) groups excluding carboxylic acids is 1. The maximum absolute atomic E-state index is 11.4. The number of hydrogen-bond donors (Lipinski definition) is 0. The summed E-state index contributed by atoms with van der Waals surface area (Å²) in [5.74, 6) is 0.654. The predicted molar refractivity (Wildman–Crippen MR) is 53.7 cm³/mol. The first-order valence-corrected chi connectivity index (χ1v) is 5.34. The number of rotatable bonds is 2. The largest absolute Gasteiger partial charge is 0.464 e. The summed E-state index contributed by atoms with van der Waals surface area (Å²) in [6.45, 7) is 0. The van der Waals surface area contributed by atoms with E-state index in [1.165, 1.54) is 32.8 Å². The van der Waals surface area contributed by atoms with Gasteiger partial charge < -0.3 is 9.15 Å². The van der Waals surface area contributed by atoms with E-state index < -0.39 is 5.97 Å². The summed E-state index contributed by atoms with van der Waals surface area (Å²) in [4.78, 5) is 15.3. The highest BCUT2D eigenvalue weighted by molar-refractivity contribution is 5.88. The van der Waals surface area contributed by atoms with Crippen molar-refractivity contribution in [3.63, 3.8) is 0 Å². The molecule has 1 saturated carbocycles. The lowest BCUT2D eigenvalue weighted by molar-refractivity contribution is 0.0591. The molecule has 0 radical (unpaired) electrons. The standard InChI is InChI=1S/C11H15NO3/c1-14-11(13)9-10(15-7-12-9)8-5-3-2-4-6-8/h7-8H,2-6H2,1H3. The summed E-state index contributed by atoms with van der Waals surface area (Å²) < 4.78 is 9.98. The van der Waals surface area contributed by atoms with Crippen molar-refractivity contribution < 1.29 is 13.9 Å². The third-order valence-electron chi connectivity index (χ3n) is 2.95. The van der Waals surface area contributed by atoms with E-state index in [0.29, 0.717) is 17.4 Å². The van der Waals surface area contributed by atoms with E-state index in [1.54, 1.807) is 0 Å². The molecule has 1 aliphatic carbocycles. The molecular formula is C11H15NO3. The van der Waals surface area contributed by atoms with Gasteiger partial charge >= 0.3 is 5.97 Å². The Kier molecular flexibility index (Phi) is 3.04. The Morgan fingerprint density at radius 1 is 1.47 bits per heavy atom. The Labute approximate surface area is 88.6 Å². The summed E-state index contributed by atoms with van der Waals surface area (Å²) in [7, 11) is 1.36. The van der Waals surface area contributed by atoms with Crippen LogP contribution in [0.5, 0.6) is 0 Å². The summed E-state index contributed by atoms with van der Waals surface area (Å²) in [6.07, 6.45) is 7.17. The minimum absolute atomic E-state index is 0.343. The number of esters is 1. The quantitative estimate of drug-likeness (QED) is 0.702. The second kappa shape index (κ2) is 4.47. The molecule has 4 heteroatoms. The maximum Gasteiger partial charge on any atom is 0.360 e. The first kappa shape index (κ1) is 10.2. The molecule has 1 aromatic rings. The normalized spacial score (nSPS) is 17.7. The van der Waals surface area contributed by atoms with Crippen molar-refractivity contribution in [1.29, 1.82) is 0 Å². The molecule has 1 heterocycles. The molecule has 1 fully saturated rings. The van der Waals surface area contributed by atoms with Crippen LogP contribution in [0.3, 0.4) is 0 Å². The van der Waals surface area contributed by atoms with Crippen LogP contribution in [-0.4, -0.2) is 18.1 Å². The lowest BCUT2D eigenvalue weighted by Gasteiger charge is -2.19. The van der Waals surface area contributed by atoms with Gasteiger partial charge in [-0.2, -0.15) is 0 Å². The molecule has 0 N–H and O–H groups in total. The molecule has 0 spiro atoms. The molecule has 0 saturated heterocycles. The third-order valence-corrected chi connectivity index (χ3v) is 2.95. The van der Waals surface area contributed by atoms with E-state index in [1.807, 2.05) is 0 Å². The van der Waals surface area contributed by atoms with Crippen LogP contribution < -0.4 is 0 Å². The SMILES string of the molecule is COC(=O)c1ncoc1C1CCCCC1. The van der Waals surface area contributed by atoms with Crippen molar-refractivity contribution in [2.24, 2.45) is 0 Å². The number of nitrogens with zero attached hydrogens (tertiary/aromatic N) is 1. The summed E-state index contributed by atoms with van der Waals surface area (Å²) >= 11 is 0. The van der Waals surface area contributed by atoms with Gasteiger partial charge in [0, 0.05) is 5.92 Å². The average Bonchev–Trinajstić information content (AvgIpc) is 2.78. The number of carbonyl (C=O) groups is 1. The van der Waals surface area contributed by atoms with Crippen molar-refractivity contribution in [2.75, 3.05) is 7.11 Å². The Bertz CT molecular complexity index is 339. The molecule has 0 atom stereocenters. The van der Waals surface area contributed by atoms with E-state index in [0.717, 1.165) is 12.8 Å². The van der Waals surface area contributed by atoms with E-state index in [-0.39, 0.29) is 0 Å². The van der Waals surface area contributed by atoms with E-state index in [4.69, 9.17) is 4.42 Å². The molecule has 0 unspecified atom stereocenters. The average molecular weight is 209 g/mol. The van der Waals surface area contributed by atoms with E-state index in [9.17, 15) is 4.79 Å². The van der Waals surface area contributed by atoms with Gasteiger partial charge in [-0.05, 0) is 12.8 Å². The van der Waals surface area contributed by atoms with Gasteiger partial charge in [-0.3, -0.25) is 0 Å². The maximum atomic E-state index is 11.4. The first-order chi connectivity index (χ1) is 7.33. The van der Waals surface area contributed by atoms with E-state index in [2.05, 4.69) is 9.72 Å². The fraction of sp³-hybridized carbons (Fsp3) is 0.636. The predicted octanol–water partition coefficient (Wildman–Crippen LogP) is 2.51. The van der Waals surface area contributed by atoms with Crippen LogP contribution in [0.4, 0.5) is 0 Å². The van der Waals surface area contributed by atoms with Gasteiger partial charge in [0.1, 0.15) is 5.76 Å². The Morgan fingerprint density at radius 3 is 2.87 bits per heavy atom. The van der Waals surface area contributed by atoms with Crippen molar-refractivity contribution in [3.8, 4) is 0 Å². The smallest absolute Gasteiger partial charge is 0.360 e. The molecule has 2 rings (SSSR count). The molecule has 82 valence electrons. The Hall–Kier alpha value is -1.32. The number of aromatic nitrogens is 1. The van der Waals surface area contributed by atoms with Crippen LogP contribution in [0.15, 0.2) is 10.8 Å².